The topological polar surface area (TPSA) is 426 Å². The lowest BCUT2D eigenvalue weighted by Crippen LogP contribution is -2.59. The molecule has 2 saturated heterocycles. The predicted octanol–water partition coefficient (Wildman–Crippen LogP) is 0.459. The molecule has 2 rings (SSSR count). The zero-order chi connectivity index (χ0) is 62.6. The van der Waals surface area contributed by atoms with Gasteiger partial charge in [-0.15, -0.1) is 6.58 Å². The normalized spacial score (nSPS) is 27.9. The molecule has 2 fully saturated rings. The van der Waals surface area contributed by atoms with Gasteiger partial charge in [-0.1, -0.05) is 98.9 Å². The fourth-order valence-electron chi connectivity index (χ4n) is 9.85. The molecule has 0 amide bonds. The monoisotopic (exact) mass is 1210 g/mol. The van der Waals surface area contributed by atoms with E-state index < -0.39 is 151 Å². The number of hydrogen-bond acceptors (Lipinski definition) is 22. The summed E-state index contributed by atoms with van der Waals surface area (Å²) in [6, 6.07) is 0. The Kier molecular flexibility index (Phi) is 36.5. The summed E-state index contributed by atoms with van der Waals surface area (Å²) >= 11 is 0. The van der Waals surface area contributed by atoms with Crippen LogP contribution in [0.2, 0.25) is 0 Å². The Balaban J connectivity index is 1.86. The number of allylic oxidation sites excluding steroid dienone is 10. The fraction of sp³-hybridized carbons (Fsp3) is 0.729. The van der Waals surface area contributed by atoms with Gasteiger partial charge in [0.05, 0.1) is 67.6 Å². The molecule has 23 atom stereocenters. The second-order valence-corrected chi connectivity index (χ2v) is 23.5. The van der Waals surface area contributed by atoms with E-state index in [-0.39, 0.29) is 75.7 Å². The van der Waals surface area contributed by atoms with Crippen LogP contribution >= 0.6 is 0 Å². The molecule has 83 heavy (non-hydrogen) atoms. The molecule has 0 bridgehead atoms. The van der Waals surface area contributed by atoms with E-state index in [0.717, 1.165) is 12.8 Å². The second kappa shape index (κ2) is 39.7. The molecule has 480 valence electrons. The molecule has 0 saturated carbocycles. The molecule has 0 aliphatic carbocycles. The highest BCUT2D eigenvalue weighted by Gasteiger charge is 2.47. The van der Waals surface area contributed by atoms with Gasteiger partial charge in [0.2, 0.25) is 0 Å². The molecule has 18 N–H and O–H groups in total. The molecule has 0 radical (unpaired) electrons. The van der Waals surface area contributed by atoms with Crippen molar-refractivity contribution in [1.82, 2.24) is 0 Å². The summed E-state index contributed by atoms with van der Waals surface area (Å²) in [5, 5.41) is 183. The van der Waals surface area contributed by atoms with E-state index in [1.807, 2.05) is 49.5 Å². The number of hydrogen-bond donors (Lipinski definition) is 18. The second-order valence-electron chi connectivity index (χ2n) is 22.4. The third-order valence-corrected chi connectivity index (χ3v) is 15.6. The van der Waals surface area contributed by atoms with Gasteiger partial charge in [0, 0.05) is 19.3 Å². The molecule has 0 spiro atoms. The summed E-state index contributed by atoms with van der Waals surface area (Å²) in [7, 11) is -4.72. The summed E-state index contributed by atoms with van der Waals surface area (Å²) in [4.78, 5) is 0. The minimum absolute atomic E-state index is 0.00170. The number of ether oxygens (including phenoxy) is 2. The Hall–Kier alpha value is -2.97. The van der Waals surface area contributed by atoms with Crippen molar-refractivity contribution >= 4 is 10.4 Å². The van der Waals surface area contributed by atoms with Gasteiger partial charge < -0.3 is 96.3 Å². The van der Waals surface area contributed by atoms with Crippen molar-refractivity contribution in [2.45, 2.75) is 252 Å². The van der Waals surface area contributed by atoms with E-state index in [9.17, 15) is 95.2 Å². The molecule has 2 heterocycles. The minimum Gasteiger partial charge on any atom is -0.394 e. The zero-order valence-corrected chi connectivity index (χ0v) is 49.0. The first-order valence-electron chi connectivity index (χ1n) is 28.7. The molecule has 23 nitrogen and oxygen atoms in total. The molecule has 23 unspecified atom stereocenters. The SMILES string of the molecule is C=CCC/C=C/C=C/C=C/CC/C=C/C(O)C(O)C1OC(C(O)C(O)C(=C)CCC(O)C2CC(O)C(O)C(C(O)C(O)/C=C(\C)CCC(O)CC(O)C(O)C(C)CC(O)C(O)CC(C)CC/C=C/CC(CO)OS(=O)(=O)O)O2)CC(O)C1O. The Morgan fingerprint density at radius 2 is 1.19 bits per heavy atom. The number of aliphatic hydroxyl groups excluding tert-OH is 17. The van der Waals surface area contributed by atoms with Crippen LogP contribution in [0.1, 0.15) is 124 Å². The third-order valence-electron chi connectivity index (χ3n) is 15.1. The highest BCUT2D eigenvalue weighted by Crippen LogP contribution is 2.32. The Labute approximate surface area is 489 Å². The molecule has 2 aliphatic heterocycles. The Bertz CT molecular complexity index is 2120. The standard InChI is InChI=1S/C59H100O23S/c1-6-7-8-9-10-11-12-13-14-15-16-20-23-42(63)53(72)58-56(75)48(69)33-50(81-58)57(76)52(71)37(4)25-27-41(62)49-32-47(68)55(74)59(80-49)54(73)45(66)29-36(3)24-26-39(61)31-46(67)51(70)38(5)30-44(65)43(64)28-35(2)21-18-17-19-22-40(34-60)82-83(77,78)79/h6,9-14,17,19-20,23,29,35,38-76H,1,4,7-8,15-16,18,21-22,24-28,30-34H2,2-3,5H3,(H,77,78,79)/b10-9+,12-11+,14-13+,19-17+,23-20+,36-29+. The van der Waals surface area contributed by atoms with Crippen LogP contribution < -0.4 is 0 Å². The first-order chi connectivity index (χ1) is 39.0. The highest BCUT2D eigenvalue weighted by atomic mass is 32.3. The lowest BCUT2D eigenvalue weighted by molar-refractivity contribution is -0.234. The Morgan fingerprint density at radius 1 is 0.639 bits per heavy atom. The van der Waals surface area contributed by atoms with Crippen molar-refractivity contribution in [3.63, 3.8) is 0 Å². The van der Waals surface area contributed by atoms with Gasteiger partial charge in [0.15, 0.2) is 0 Å². The summed E-state index contributed by atoms with van der Waals surface area (Å²) in [5.74, 6) is -0.765. The summed E-state index contributed by atoms with van der Waals surface area (Å²) in [6.07, 6.45) is -7.11. The van der Waals surface area contributed by atoms with Crippen molar-refractivity contribution in [3.05, 3.63) is 97.2 Å². The maximum absolute atomic E-state index is 11.2. The molecule has 0 aromatic rings. The van der Waals surface area contributed by atoms with Gasteiger partial charge in [-0.2, -0.15) is 8.42 Å². The minimum atomic E-state index is -4.72. The van der Waals surface area contributed by atoms with Crippen LogP contribution in [0.3, 0.4) is 0 Å². The van der Waals surface area contributed by atoms with Crippen LogP contribution in [0.4, 0.5) is 0 Å². The van der Waals surface area contributed by atoms with E-state index >= 15 is 0 Å². The maximum Gasteiger partial charge on any atom is 0.397 e. The van der Waals surface area contributed by atoms with E-state index in [1.54, 1.807) is 32.1 Å². The quantitative estimate of drug-likeness (QED) is 0.0171. The molecular formula is C59H100O23S. The molecule has 24 heteroatoms. The van der Waals surface area contributed by atoms with E-state index in [2.05, 4.69) is 17.3 Å². The van der Waals surface area contributed by atoms with Crippen molar-refractivity contribution in [3.8, 4) is 0 Å². The van der Waals surface area contributed by atoms with Crippen LogP contribution in [-0.4, -0.2) is 235 Å². The van der Waals surface area contributed by atoms with E-state index in [0.29, 0.717) is 31.3 Å². The van der Waals surface area contributed by atoms with Crippen molar-refractivity contribution < 1.29 is 113 Å². The average Bonchev–Trinajstić information content (AvgIpc) is 3.44. The highest BCUT2D eigenvalue weighted by molar-refractivity contribution is 7.80. The van der Waals surface area contributed by atoms with Gasteiger partial charge in [0.25, 0.3) is 0 Å². The van der Waals surface area contributed by atoms with Crippen LogP contribution in [0, 0.1) is 11.8 Å². The summed E-state index contributed by atoms with van der Waals surface area (Å²) in [5.41, 5.74) is 0.467. The van der Waals surface area contributed by atoms with E-state index in [1.165, 1.54) is 12.2 Å². The lowest BCUT2D eigenvalue weighted by Gasteiger charge is -2.42. The average molecular weight is 1210 g/mol. The first kappa shape index (κ1) is 76.1. The fourth-order valence-corrected chi connectivity index (χ4v) is 10.3. The van der Waals surface area contributed by atoms with Crippen LogP contribution in [0.25, 0.3) is 0 Å². The zero-order valence-electron chi connectivity index (χ0n) is 48.1. The molecule has 2 aliphatic rings. The van der Waals surface area contributed by atoms with Gasteiger partial charge in [-0.25, -0.2) is 4.18 Å². The lowest BCUT2D eigenvalue weighted by atomic mass is 9.86. The first-order valence-corrected chi connectivity index (χ1v) is 30.1. The van der Waals surface area contributed by atoms with Crippen LogP contribution in [0.5, 0.6) is 0 Å². The molecule has 0 aromatic heterocycles. The van der Waals surface area contributed by atoms with Gasteiger partial charge >= 0.3 is 10.4 Å². The van der Waals surface area contributed by atoms with E-state index in [4.69, 9.17) is 14.0 Å². The number of unbranched alkanes of at least 4 members (excludes halogenated alkanes) is 2. The smallest absolute Gasteiger partial charge is 0.394 e. The van der Waals surface area contributed by atoms with Crippen molar-refractivity contribution in [2.24, 2.45) is 11.8 Å². The van der Waals surface area contributed by atoms with Gasteiger partial charge in [-0.05, 0) is 108 Å². The maximum atomic E-state index is 11.2. The number of rotatable bonds is 41. The summed E-state index contributed by atoms with van der Waals surface area (Å²) in [6.45, 7) is 11.9. The molecular weight excluding hydrogens is 1110 g/mol. The Morgan fingerprint density at radius 3 is 1.78 bits per heavy atom. The predicted molar refractivity (Wildman–Crippen MR) is 308 cm³/mol. The molecule has 0 aromatic carbocycles. The van der Waals surface area contributed by atoms with Gasteiger partial charge in [-0.3, -0.25) is 4.55 Å². The van der Waals surface area contributed by atoms with Crippen molar-refractivity contribution in [2.75, 3.05) is 6.61 Å². The largest absolute Gasteiger partial charge is 0.397 e. The van der Waals surface area contributed by atoms with Crippen molar-refractivity contribution in [1.29, 1.82) is 0 Å². The number of aliphatic hydroxyl groups is 17. The van der Waals surface area contributed by atoms with Gasteiger partial charge in [0.1, 0.15) is 67.1 Å². The van der Waals surface area contributed by atoms with Crippen LogP contribution in [-0.2, 0) is 24.1 Å². The van der Waals surface area contributed by atoms with Crippen LogP contribution in [0.15, 0.2) is 97.2 Å². The third kappa shape index (κ3) is 28.6. The summed E-state index contributed by atoms with van der Waals surface area (Å²) < 4.78 is 46.4.